The first-order valence-corrected chi connectivity index (χ1v) is 8.79. The normalized spacial score (nSPS) is 15.4. The average molecular weight is 330 g/mol. The van der Waals surface area contributed by atoms with Crippen molar-refractivity contribution in [2.75, 3.05) is 26.2 Å². The molecule has 130 valence electrons. The van der Waals surface area contributed by atoms with Gasteiger partial charge in [-0.15, -0.1) is 0 Å². The van der Waals surface area contributed by atoms with Crippen molar-refractivity contribution in [1.82, 2.24) is 9.47 Å². The monoisotopic (exact) mass is 330 g/mol. The van der Waals surface area contributed by atoms with E-state index in [0.29, 0.717) is 12.0 Å². The lowest BCUT2D eigenvalue weighted by atomic mass is 10.0. The van der Waals surface area contributed by atoms with Crippen LogP contribution in [0, 0.1) is 6.92 Å². The molecule has 0 aliphatic carbocycles. The molecule has 1 aromatic heterocycles. The fraction of sp³-hybridized carbons (Fsp3) is 0.526. The van der Waals surface area contributed by atoms with Gasteiger partial charge in [0.1, 0.15) is 0 Å². The van der Waals surface area contributed by atoms with Crippen molar-refractivity contribution in [2.24, 2.45) is 0 Å². The van der Waals surface area contributed by atoms with Gasteiger partial charge in [-0.1, -0.05) is 0 Å². The lowest BCUT2D eigenvalue weighted by Gasteiger charge is -2.13. The van der Waals surface area contributed by atoms with Crippen molar-refractivity contribution in [3.05, 3.63) is 35.0 Å². The van der Waals surface area contributed by atoms with Crippen LogP contribution in [0.2, 0.25) is 0 Å². The second-order valence-electron chi connectivity index (χ2n) is 6.71. The second-order valence-corrected chi connectivity index (χ2v) is 6.71. The zero-order chi connectivity index (χ0) is 17.1. The third-order valence-electron chi connectivity index (χ3n) is 4.99. The molecule has 24 heavy (non-hydrogen) atoms. The van der Waals surface area contributed by atoms with Crippen LogP contribution in [0.1, 0.15) is 40.7 Å². The molecule has 0 atom stereocenters. The molecule has 3 rings (SSSR count). The van der Waals surface area contributed by atoms with E-state index in [1.165, 1.54) is 31.5 Å². The molecule has 5 heteroatoms. The highest BCUT2D eigenvalue weighted by atomic mass is 16.4. The highest BCUT2D eigenvalue weighted by Gasteiger charge is 2.16. The molecule has 0 unspecified atom stereocenters. The molecule has 2 heterocycles. The van der Waals surface area contributed by atoms with Crippen molar-refractivity contribution in [1.29, 1.82) is 0 Å². The minimum atomic E-state index is -0.872. The number of carboxylic acids is 1. The summed E-state index contributed by atoms with van der Waals surface area (Å²) in [6.07, 6.45) is 6.34. The van der Waals surface area contributed by atoms with E-state index in [2.05, 4.69) is 15.7 Å². The number of aromatic nitrogens is 1. The predicted octanol–water partition coefficient (Wildman–Crippen LogP) is 2.67. The molecule has 1 saturated heterocycles. The van der Waals surface area contributed by atoms with E-state index in [1.54, 1.807) is 0 Å². The summed E-state index contributed by atoms with van der Waals surface area (Å²) in [5.41, 5.74) is 3.44. The largest absolute Gasteiger partial charge is 0.478 e. The predicted molar refractivity (Wildman–Crippen MR) is 94.7 cm³/mol. The Morgan fingerprint density at radius 2 is 1.96 bits per heavy atom. The first kappa shape index (κ1) is 17.0. The standard InChI is InChI=1S/C19H26N2O3/c1-14-11-18-17(12-16(14)19(23)24)15(13-21(18)8-4-10-22)5-9-20-6-2-3-7-20/h11-13,22H,2-10H2,1H3,(H,23,24). The second kappa shape index (κ2) is 7.36. The highest BCUT2D eigenvalue weighted by molar-refractivity contribution is 5.96. The maximum Gasteiger partial charge on any atom is 0.335 e. The molecular formula is C19H26N2O3. The van der Waals surface area contributed by atoms with E-state index < -0.39 is 5.97 Å². The summed E-state index contributed by atoms with van der Waals surface area (Å²) in [6, 6.07) is 3.79. The van der Waals surface area contributed by atoms with Crippen molar-refractivity contribution in [3.8, 4) is 0 Å². The minimum absolute atomic E-state index is 0.162. The summed E-state index contributed by atoms with van der Waals surface area (Å²) in [5.74, 6) is -0.872. The molecule has 0 spiro atoms. The number of aromatic carboxylic acids is 1. The van der Waals surface area contributed by atoms with E-state index >= 15 is 0 Å². The van der Waals surface area contributed by atoms with Gasteiger partial charge in [0.25, 0.3) is 0 Å². The van der Waals surface area contributed by atoms with E-state index in [0.717, 1.165) is 36.0 Å². The zero-order valence-corrected chi connectivity index (χ0v) is 14.3. The fourth-order valence-corrected chi connectivity index (χ4v) is 3.66. The van der Waals surface area contributed by atoms with E-state index in [-0.39, 0.29) is 6.61 Å². The molecule has 1 aliphatic heterocycles. The van der Waals surface area contributed by atoms with Gasteiger partial charge < -0.3 is 19.7 Å². The Balaban J connectivity index is 1.95. The molecule has 0 amide bonds. The third kappa shape index (κ3) is 3.47. The number of nitrogens with zero attached hydrogens (tertiary/aromatic N) is 2. The van der Waals surface area contributed by atoms with E-state index in [4.69, 9.17) is 5.11 Å². The first-order valence-electron chi connectivity index (χ1n) is 8.79. The van der Waals surface area contributed by atoms with Crippen LogP contribution in [-0.4, -0.2) is 51.9 Å². The summed E-state index contributed by atoms with van der Waals surface area (Å²) in [6.45, 7) is 6.12. The van der Waals surface area contributed by atoms with Crippen molar-refractivity contribution >= 4 is 16.9 Å². The summed E-state index contributed by atoms with van der Waals surface area (Å²) >= 11 is 0. The molecule has 2 aromatic rings. The van der Waals surface area contributed by atoms with Crippen LogP contribution in [0.4, 0.5) is 0 Å². The molecule has 2 N–H and O–H groups in total. The van der Waals surface area contributed by atoms with Crippen LogP contribution in [0.3, 0.4) is 0 Å². The lowest BCUT2D eigenvalue weighted by molar-refractivity contribution is 0.0696. The Kier molecular flexibility index (Phi) is 5.21. The Morgan fingerprint density at radius 3 is 2.62 bits per heavy atom. The SMILES string of the molecule is Cc1cc2c(cc1C(=O)O)c(CCN1CCCC1)cn2CCCO. The fourth-order valence-electron chi connectivity index (χ4n) is 3.66. The molecule has 0 radical (unpaired) electrons. The Bertz CT molecular complexity index is 730. The van der Waals surface area contributed by atoms with Crippen molar-refractivity contribution in [3.63, 3.8) is 0 Å². The number of carboxylic acid groups (broad SMARTS) is 1. The number of likely N-dealkylation sites (tertiary alicyclic amines) is 1. The van der Waals surface area contributed by atoms with Crippen LogP contribution in [-0.2, 0) is 13.0 Å². The van der Waals surface area contributed by atoms with Gasteiger partial charge in [-0.25, -0.2) is 4.79 Å². The van der Waals surface area contributed by atoms with Crippen LogP contribution >= 0.6 is 0 Å². The molecule has 5 nitrogen and oxygen atoms in total. The molecule has 0 saturated carbocycles. The van der Waals surface area contributed by atoms with Gasteiger partial charge in [-0.05, 0) is 69.0 Å². The zero-order valence-electron chi connectivity index (χ0n) is 14.3. The molecule has 1 fully saturated rings. The van der Waals surface area contributed by atoms with Gasteiger partial charge in [-0.2, -0.15) is 0 Å². The Morgan fingerprint density at radius 1 is 1.21 bits per heavy atom. The van der Waals surface area contributed by atoms with Gasteiger partial charge in [0.15, 0.2) is 0 Å². The van der Waals surface area contributed by atoms with E-state index in [9.17, 15) is 9.90 Å². The van der Waals surface area contributed by atoms with Crippen LogP contribution < -0.4 is 0 Å². The molecule has 1 aliphatic rings. The maximum atomic E-state index is 11.5. The lowest BCUT2D eigenvalue weighted by Crippen LogP contribution is -2.21. The van der Waals surface area contributed by atoms with Gasteiger partial charge in [0, 0.05) is 36.8 Å². The Labute approximate surface area is 142 Å². The number of fused-ring (bicyclic) bond motifs is 1. The van der Waals surface area contributed by atoms with Gasteiger partial charge in [0.2, 0.25) is 0 Å². The van der Waals surface area contributed by atoms with Crippen molar-refractivity contribution in [2.45, 2.75) is 39.2 Å². The number of rotatable bonds is 7. The average Bonchev–Trinajstić information content (AvgIpc) is 3.17. The third-order valence-corrected chi connectivity index (χ3v) is 4.99. The summed E-state index contributed by atoms with van der Waals surface area (Å²) in [5, 5.41) is 19.6. The van der Waals surface area contributed by atoms with Gasteiger partial charge in [-0.3, -0.25) is 0 Å². The topological polar surface area (TPSA) is 65.7 Å². The number of aliphatic hydroxyl groups excluding tert-OH is 1. The summed E-state index contributed by atoms with van der Waals surface area (Å²) in [4.78, 5) is 13.9. The van der Waals surface area contributed by atoms with Gasteiger partial charge >= 0.3 is 5.97 Å². The first-order chi connectivity index (χ1) is 11.6. The number of carbonyl (C=O) groups is 1. The van der Waals surface area contributed by atoms with Crippen LogP contribution in [0.15, 0.2) is 18.3 Å². The van der Waals surface area contributed by atoms with Gasteiger partial charge in [0.05, 0.1) is 5.56 Å². The van der Waals surface area contributed by atoms with Crippen LogP contribution in [0.5, 0.6) is 0 Å². The number of hydrogen-bond donors (Lipinski definition) is 2. The minimum Gasteiger partial charge on any atom is -0.478 e. The molecule has 1 aromatic carbocycles. The Hall–Kier alpha value is -1.85. The number of aliphatic hydroxyl groups is 1. The molecule has 0 bridgehead atoms. The van der Waals surface area contributed by atoms with Crippen LogP contribution in [0.25, 0.3) is 10.9 Å². The summed E-state index contributed by atoms with van der Waals surface area (Å²) < 4.78 is 2.16. The summed E-state index contributed by atoms with van der Waals surface area (Å²) in [7, 11) is 0. The number of aryl methyl sites for hydroxylation is 2. The smallest absolute Gasteiger partial charge is 0.335 e. The van der Waals surface area contributed by atoms with Crippen molar-refractivity contribution < 1.29 is 15.0 Å². The maximum absolute atomic E-state index is 11.5. The number of benzene rings is 1. The highest BCUT2D eigenvalue weighted by Crippen LogP contribution is 2.27. The van der Waals surface area contributed by atoms with E-state index in [1.807, 2.05) is 19.1 Å². The number of hydrogen-bond acceptors (Lipinski definition) is 3. The quantitative estimate of drug-likeness (QED) is 0.819. The molecular weight excluding hydrogens is 304 g/mol.